The predicted molar refractivity (Wildman–Crippen MR) is 72.6 cm³/mol. The van der Waals surface area contributed by atoms with Gasteiger partial charge in [-0.3, -0.25) is 10.6 Å². The molecule has 1 atom stereocenters. The zero-order valence-electron chi connectivity index (χ0n) is 11.7. The molecule has 106 valence electrons. The van der Waals surface area contributed by atoms with Crippen LogP contribution < -0.4 is 11.3 Å². The smallest absolute Gasteiger partial charge is 0.274 e. The van der Waals surface area contributed by atoms with Gasteiger partial charge in [-0.1, -0.05) is 13.8 Å². The molecule has 0 saturated carbocycles. The maximum atomic E-state index is 12.3. The zero-order chi connectivity index (χ0) is 14.6. The van der Waals surface area contributed by atoms with Crippen molar-refractivity contribution in [3.8, 4) is 0 Å². The van der Waals surface area contributed by atoms with E-state index in [0.29, 0.717) is 11.5 Å². The SMILES string of the molecule is CC(O)CN(C)C(=O)c1nc(C(C)C)ncc1NN. The third kappa shape index (κ3) is 3.87. The summed E-state index contributed by atoms with van der Waals surface area (Å²) in [4.78, 5) is 22.0. The molecule has 1 heterocycles. The summed E-state index contributed by atoms with van der Waals surface area (Å²) in [5, 5.41) is 9.32. The van der Waals surface area contributed by atoms with Crippen LogP contribution in [-0.2, 0) is 0 Å². The lowest BCUT2D eigenvalue weighted by Gasteiger charge is -2.20. The molecular weight excluding hydrogens is 246 g/mol. The van der Waals surface area contributed by atoms with E-state index in [1.807, 2.05) is 13.8 Å². The van der Waals surface area contributed by atoms with Crippen molar-refractivity contribution in [3.05, 3.63) is 17.7 Å². The number of hydrogen-bond acceptors (Lipinski definition) is 6. The molecule has 0 bridgehead atoms. The summed E-state index contributed by atoms with van der Waals surface area (Å²) in [5.74, 6) is 5.75. The highest BCUT2D eigenvalue weighted by Crippen LogP contribution is 2.16. The molecular formula is C12H21N5O2. The van der Waals surface area contributed by atoms with Crippen molar-refractivity contribution in [1.82, 2.24) is 14.9 Å². The molecule has 1 amide bonds. The fraction of sp³-hybridized carbons (Fsp3) is 0.583. The average molecular weight is 267 g/mol. The lowest BCUT2D eigenvalue weighted by molar-refractivity contribution is 0.0698. The number of nitrogens with zero attached hydrogens (tertiary/aromatic N) is 3. The Bertz CT molecular complexity index is 448. The van der Waals surface area contributed by atoms with Gasteiger partial charge in [0.2, 0.25) is 0 Å². The zero-order valence-corrected chi connectivity index (χ0v) is 11.7. The summed E-state index contributed by atoms with van der Waals surface area (Å²) in [6, 6.07) is 0. The van der Waals surface area contributed by atoms with Gasteiger partial charge in [0, 0.05) is 19.5 Å². The third-order valence-corrected chi connectivity index (χ3v) is 2.57. The molecule has 1 aromatic heterocycles. The largest absolute Gasteiger partial charge is 0.392 e. The molecule has 1 aromatic rings. The van der Waals surface area contributed by atoms with Crippen LogP contribution in [0.15, 0.2) is 6.20 Å². The van der Waals surface area contributed by atoms with Gasteiger partial charge in [-0.25, -0.2) is 9.97 Å². The lowest BCUT2D eigenvalue weighted by atomic mass is 10.2. The van der Waals surface area contributed by atoms with Crippen molar-refractivity contribution in [3.63, 3.8) is 0 Å². The molecule has 7 heteroatoms. The maximum Gasteiger partial charge on any atom is 0.274 e. The van der Waals surface area contributed by atoms with Crippen LogP contribution in [0.1, 0.15) is 43.0 Å². The highest BCUT2D eigenvalue weighted by molar-refractivity contribution is 5.97. The maximum absolute atomic E-state index is 12.3. The molecule has 0 aliphatic rings. The number of hydrazine groups is 1. The minimum absolute atomic E-state index is 0.112. The summed E-state index contributed by atoms with van der Waals surface area (Å²) in [6.07, 6.45) is 0.890. The van der Waals surface area contributed by atoms with E-state index in [9.17, 15) is 9.90 Å². The summed E-state index contributed by atoms with van der Waals surface area (Å²) < 4.78 is 0. The predicted octanol–water partition coefficient (Wildman–Crippen LogP) is 0.338. The molecule has 0 fully saturated rings. The molecule has 19 heavy (non-hydrogen) atoms. The monoisotopic (exact) mass is 267 g/mol. The Morgan fingerprint density at radius 1 is 1.53 bits per heavy atom. The Labute approximate surface area is 112 Å². The third-order valence-electron chi connectivity index (χ3n) is 2.57. The van der Waals surface area contributed by atoms with Crippen molar-refractivity contribution < 1.29 is 9.90 Å². The summed E-state index contributed by atoms with van der Waals surface area (Å²) in [6.45, 7) is 5.73. The van der Waals surface area contributed by atoms with Gasteiger partial charge in [0.25, 0.3) is 5.91 Å². The number of carbonyl (C=O) groups excluding carboxylic acids is 1. The molecule has 0 spiro atoms. The molecule has 0 aromatic carbocycles. The first-order valence-corrected chi connectivity index (χ1v) is 6.13. The van der Waals surface area contributed by atoms with Crippen molar-refractivity contribution in [2.24, 2.45) is 5.84 Å². The van der Waals surface area contributed by atoms with Gasteiger partial charge >= 0.3 is 0 Å². The fourth-order valence-corrected chi connectivity index (χ4v) is 1.60. The van der Waals surface area contributed by atoms with Gasteiger partial charge in [0.1, 0.15) is 5.82 Å². The minimum Gasteiger partial charge on any atom is -0.392 e. The van der Waals surface area contributed by atoms with E-state index in [2.05, 4.69) is 15.4 Å². The van der Waals surface area contributed by atoms with Crippen LogP contribution in [0.3, 0.4) is 0 Å². The Kier molecular flexibility index (Phi) is 5.20. The fourth-order valence-electron chi connectivity index (χ4n) is 1.60. The molecule has 1 rings (SSSR count). The van der Waals surface area contributed by atoms with Crippen molar-refractivity contribution in [2.75, 3.05) is 19.0 Å². The van der Waals surface area contributed by atoms with Crippen LogP contribution in [-0.4, -0.2) is 45.6 Å². The Hall–Kier alpha value is -1.73. The molecule has 0 aliphatic carbocycles. The van der Waals surface area contributed by atoms with Crippen LogP contribution in [0.5, 0.6) is 0 Å². The first-order valence-electron chi connectivity index (χ1n) is 6.13. The average Bonchev–Trinajstić information content (AvgIpc) is 2.36. The number of likely N-dealkylation sites (N-methyl/N-ethyl adjacent to an activating group) is 1. The molecule has 7 nitrogen and oxygen atoms in total. The van der Waals surface area contributed by atoms with Gasteiger partial charge < -0.3 is 15.4 Å². The molecule has 0 radical (unpaired) electrons. The topological polar surface area (TPSA) is 104 Å². The molecule has 0 saturated heterocycles. The van der Waals surface area contributed by atoms with E-state index in [0.717, 1.165) is 0 Å². The number of aliphatic hydroxyl groups is 1. The normalized spacial score (nSPS) is 12.4. The number of anilines is 1. The first kappa shape index (κ1) is 15.3. The Morgan fingerprint density at radius 2 is 2.16 bits per heavy atom. The number of hydrogen-bond donors (Lipinski definition) is 3. The minimum atomic E-state index is -0.602. The standard InChI is InChI=1S/C12H21N5O2/c1-7(2)11-14-5-9(16-13)10(15-11)12(19)17(4)6-8(3)18/h5,7-8,16,18H,6,13H2,1-4H3. The van der Waals surface area contributed by atoms with E-state index >= 15 is 0 Å². The molecule has 4 N–H and O–H groups in total. The van der Waals surface area contributed by atoms with E-state index in [4.69, 9.17) is 5.84 Å². The molecule has 1 unspecified atom stereocenters. The van der Waals surface area contributed by atoms with Crippen LogP contribution in [0, 0.1) is 0 Å². The molecule has 0 aliphatic heterocycles. The Balaban J connectivity index is 3.08. The number of nitrogens with two attached hydrogens (primary N) is 1. The van der Waals surface area contributed by atoms with Gasteiger partial charge in [0.05, 0.1) is 18.0 Å². The number of nitrogens with one attached hydrogen (secondary N) is 1. The first-order chi connectivity index (χ1) is 8.86. The van der Waals surface area contributed by atoms with E-state index in [-0.39, 0.29) is 24.1 Å². The van der Waals surface area contributed by atoms with Gasteiger partial charge in [0.15, 0.2) is 5.69 Å². The van der Waals surface area contributed by atoms with Crippen molar-refractivity contribution in [1.29, 1.82) is 0 Å². The van der Waals surface area contributed by atoms with Crippen LogP contribution >= 0.6 is 0 Å². The summed E-state index contributed by atoms with van der Waals surface area (Å²) in [7, 11) is 1.60. The van der Waals surface area contributed by atoms with E-state index < -0.39 is 6.10 Å². The van der Waals surface area contributed by atoms with Crippen LogP contribution in [0.25, 0.3) is 0 Å². The van der Waals surface area contributed by atoms with Gasteiger partial charge in [-0.2, -0.15) is 0 Å². The number of rotatable bonds is 5. The second-order valence-corrected chi connectivity index (χ2v) is 4.82. The van der Waals surface area contributed by atoms with Crippen molar-refractivity contribution in [2.45, 2.75) is 32.8 Å². The number of nitrogen functional groups attached to an aromatic ring is 1. The van der Waals surface area contributed by atoms with E-state index in [1.165, 1.54) is 11.1 Å². The lowest BCUT2D eigenvalue weighted by Crippen LogP contribution is -2.34. The summed E-state index contributed by atoms with van der Waals surface area (Å²) in [5.41, 5.74) is 3.00. The second-order valence-electron chi connectivity index (χ2n) is 4.82. The Morgan fingerprint density at radius 3 is 2.63 bits per heavy atom. The van der Waals surface area contributed by atoms with Gasteiger partial charge in [-0.05, 0) is 6.92 Å². The highest BCUT2D eigenvalue weighted by Gasteiger charge is 2.20. The van der Waals surface area contributed by atoms with Gasteiger partial charge in [-0.15, -0.1) is 0 Å². The number of aliphatic hydroxyl groups excluding tert-OH is 1. The van der Waals surface area contributed by atoms with Crippen molar-refractivity contribution >= 4 is 11.6 Å². The van der Waals surface area contributed by atoms with Crippen LogP contribution in [0.4, 0.5) is 5.69 Å². The van der Waals surface area contributed by atoms with Crippen LogP contribution in [0.2, 0.25) is 0 Å². The highest BCUT2D eigenvalue weighted by atomic mass is 16.3. The number of carbonyl (C=O) groups is 1. The number of amides is 1. The number of aromatic nitrogens is 2. The second kappa shape index (κ2) is 6.44. The van der Waals surface area contributed by atoms with E-state index in [1.54, 1.807) is 14.0 Å². The summed E-state index contributed by atoms with van der Waals surface area (Å²) >= 11 is 0. The quantitative estimate of drug-likeness (QED) is 0.525.